The lowest BCUT2D eigenvalue weighted by Gasteiger charge is -2.25. The van der Waals surface area contributed by atoms with Gasteiger partial charge < -0.3 is 10.0 Å². The zero-order chi connectivity index (χ0) is 15.6. The Morgan fingerprint density at radius 1 is 1.33 bits per heavy atom. The average Bonchev–Trinajstić information content (AvgIpc) is 2.78. The van der Waals surface area contributed by atoms with Crippen molar-refractivity contribution in [1.29, 1.82) is 0 Å². The minimum atomic E-state index is -3.07. The fraction of sp³-hybridized carbons (Fsp3) is 0.533. The van der Waals surface area contributed by atoms with Crippen LogP contribution in [0.25, 0.3) is 0 Å². The Balaban J connectivity index is 2.13. The molecule has 2 rings (SSSR count). The number of nitrogens with zero attached hydrogens (tertiary/aromatic N) is 1. The van der Waals surface area contributed by atoms with E-state index >= 15 is 0 Å². The van der Waals surface area contributed by atoms with Gasteiger partial charge in [-0.1, -0.05) is 19.1 Å². The molecular weight excluding hydrogens is 290 g/mol. The van der Waals surface area contributed by atoms with Gasteiger partial charge in [0.15, 0.2) is 9.84 Å². The molecule has 2 unspecified atom stereocenters. The number of carbonyl (C=O) groups is 1. The smallest absolute Gasteiger partial charge is 0.254 e. The fourth-order valence-electron chi connectivity index (χ4n) is 2.75. The number of carbonyl (C=O) groups excluding carboxylic acids is 1. The first-order chi connectivity index (χ1) is 9.81. The quantitative estimate of drug-likeness (QED) is 0.903. The first-order valence-corrected chi connectivity index (χ1v) is 9.06. The Morgan fingerprint density at radius 2 is 1.95 bits per heavy atom. The van der Waals surface area contributed by atoms with Crippen LogP contribution in [0.2, 0.25) is 0 Å². The number of benzene rings is 1. The Kier molecular flexibility index (Phi) is 4.68. The van der Waals surface area contributed by atoms with Crippen LogP contribution in [0.15, 0.2) is 24.3 Å². The van der Waals surface area contributed by atoms with Crippen LogP contribution >= 0.6 is 0 Å². The molecule has 1 N–H and O–H groups in total. The summed E-state index contributed by atoms with van der Waals surface area (Å²) in [6.07, 6.45) is 2.08. The minimum Gasteiger partial charge on any atom is -0.394 e. The van der Waals surface area contributed by atoms with Crippen molar-refractivity contribution in [3.05, 3.63) is 35.4 Å². The van der Waals surface area contributed by atoms with Crippen molar-refractivity contribution in [3.63, 3.8) is 0 Å². The van der Waals surface area contributed by atoms with Gasteiger partial charge in [-0.05, 0) is 30.0 Å². The lowest BCUT2D eigenvalue weighted by atomic mass is 10.0. The summed E-state index contributed by atoms with van der Waals surface area (Å²) in [5.74, 6) is 0.161. The van der Waals surface area contributed by atoms with Crippen molar-refractivity contribution in [1.82, 2.24) is 4.90 Å². The number of hydrogen-bond donors (Lipinski definition) is 1. The van der Waals surface area contributed by atoms with Crippen LogP contribution in [0.3, 0.4) is 0 Å². The lowest BCUT2D eigenvalue weighted by molar-refractivity contribution is 0.0648. The monoisotopic (exact) mass is 311 g/mol. The van der Waals surface area contributed by atoms with E-state index in [-0.39, 0.29) is 24.3 Å². The summed E-state index contributed by atoms with van der Waals surface area (Å²) in [5.41, 5.74) is 1.20. The van der Waals surface area contributed by atoms with Crippen LogP contribution in [0.4, 0.5) is 0 Å². The molecule has 1 saturated heterocycles. The van der Waals surface area contributed by atoms with Crippen molar-refractivity contribution in [2.45, 2.75) is 25.1 Å². The van der Waals surface area contributed by atoms with Crippen LogP contribution in [0.1, 0.15) is 29.3 Å². The highest BCUT2D eigenvalue weighted by atomic mass is 32.2. The third-order valence-electron chi connectivity index (χ3n) is 3.96. The molecule has 5 nitrogen and oxygen atoms in total. The van der Waals surface area contributed by atoms with Crippen molar-refractivity contribution in [2.75, 3.05) is 19.4 Å². The molecular formula is C15H21NO4S. The molecule has 2 atom stereocenters. The standard InChI is InChI=1S/C15H21NO4S/c1-11-7-8-16(14(11)9-17)15(18)13-5-3-12(4-6-13)10-21(2,19)20/h3-6,11,14,17H,7-10H2,1-2H3. The fourth-order valence-corrected chi connectivity index (χ4v) is 3.55. The maximum absolute atomic E-state index is 12.5. The molecule has 1 aromatic rings. The summed E-state index contributed by atoms with van der Waals surface area (Å²) in [7, 11) is -3.07. The zero-order valence-corrected chi connectivity index (χ0v) is 13.1. The maximum Gasteiger partial charge on any atom is 0.254 e. The Morgan fingerprint density at radius 3 is 2.48 bits per heavy atom. The van der Waals surface area contributed by atoms with E-state index in [0.717, 1.165) is 6.42 Å². The van der Waals surface area contributed by atoms with Crippen molar-refractivity contribution >= 4 is 15.7 Å². The van der Waals surface area contributed by atoms with Crippen LogP contribution < -0.4 is 0 Å². The van der Waals surface area contributed by atoms with Gasteiger partial charge in [0.05, 0.1) is 18.4 Å². The van der Waals surface area contributed by atoms with E-state index < -0.39 is 9.84 Å². The average molecular weight is 311 g/mol. The van der Waals surface area contributed by atoms with Gasteiger partial charge in [0, 0.05) is 18.4 Å². The van der Waals surface area contributed by atoms with Crippen LogP contribution in [0, 0.1) is 5.92 Å². The molecule has 0 saturated carbocycles. The zero-order valence-electron chi connectivity index (χ0n) is 12.3. The van der Waals surface area contributed by atoms with Crippen LogP contribution in [0.5, 0.6) is 0 Å². The van der Waals surface area contributed by atoms with Gasteiger partial charge >= 0.3 is 0 Å². The molecule has 21 heavy (non-hydrogen) atoms. The molecule has 1 amide bonds. The summed E-state index contributed by atoms with van der Waals surface area (Å²) in [6, 6.07) is 6.51. The molecule has 1 aliphatic heterocycles. The first kappa shape index (κ1) is 16.0. The van der Waals surface area contributed by atoms with Gasteiger partial charge in [0.1, 0.15) is 0 Å². The molecule has 1 aliphatic rings. The minimum absolute atomic E-state index is 0.0263. The lowest BCUT2D eigenvalue weighted by Crippen LogP contribution is -2.39. The molecule has 1 heterocycles. The summed E-state index contributed by atoms with van der Waals surface area (Å²) in [4.78, 5) is 14.2. The highest BCUT2D eigenvalue weighted by Gasteiger charge is 2.34. The van der Waals surface area contributed by atoms with Crippen LogP contribution in [-0.4, -0.2) is 49.8 Å². The topological polar surface area (TPSA) is 74.7 Å². The number of aliphatic hydroxyl groups is 1. The molecule has 1 fully saturated rings. The van der Waals surface area contributed by atoms with E-state index in [4.69, 9.17) is 0 Å². The summed E-state index contributed by atoms with van der Waals surface area (Å²) in [6.45, 7) is 2.65. The van der Waals surface area contributed by atoms with E-state index in [1.807, 2.05) is 6.92 Å². The largest absolute Gasteiger partial charge is 0.394 e. The van der Waals surface area contributed by atoms with E-state index in [9.17, 15) is 18.3 Å². The first-order valence-electron chi connectivity index (χ1n) is 7.00. The highest BCUT2D eigenvalue weighted by molar-refractivity contribution is 7.89. The van der Waals surface area contributed by atoms with Crippen molar-refractivity contribution < 1.29 is 18.3 Å². The third kappa shape index (κ3) is 3.83. The second kappa shape index (κ2) is 6.15. The third-order valence-corrected chi connectivity index (χ3v) is 4.82. The molecule has 0 bridgehead atoms. The Bertz CT molecular complexity index is 609. The SMILES string of the molecule is CC1CCN(C(=O)c2ccc(CS(C)(=O)=O)cc2)C1CO. The second-order valence-electron chi connectivity index (χ2n) is 5.78. The van der Waals surface area contributed by atoms with Gasteiger partial charge in [0.2, 0.25) is 0 Å². The van der Waals surface area contributed by atoms with Gasteiger partial charge in [-0.3, -0.25) is 4.79 Å². The molecule has 0 aliphatic carbocycles. The van der Waals surface area contributed by atoms with E-state index in [0.29, 0.717) is 23.6 Å². The molecule has 116 valence electrons. The van der Waals surface area contributed by atoms with Gasteiger partial charge in [0.25, 0.3) is 5.91 Å². The number of amides is 1. The summed E-state index contributed by atoms with van der Waals surface area (Å²) in [5, 5.41) is 9.41. The number of aliphatic hydroxyl groups excluding tert-OH is 1. The normalized spacial score (nSPS) is 22.5. The van der Waals surface area contributed by atoms with Crippen molar-refractivity contribution in [2.24, 2.45) is 5.92 Å². The molecule has 1 aromatic carbocycles. The Labute approximate surface area is 125 Å². The van der Waals surface area contributed by atoms with E-state index in [1.54, 1.807) is 29.2 Å². The number of likely N-dealkylation sites (tertiary alicyclic amines) is 1. The molecule has 6 heteroatoms. The summed E-state index contributed by atoms with van der Waals surface area (Å²) >= 11 is 0. The maximum atomic E-state index is 12.5. The molecule has 0 spiro atoms. The van der Waals surface area contributed by atoms with E-state index in [2.05, 4.69) is 0 Å². The predicted molar refractivity (Wildman–Crippen MR) is 80.7 cm³/mol. The Hall–Kier alpha value is -1.40. The van der Waals surface area contributed by atoms with Gasteiger partial charge in [-0.15, -0.1) is 0 Å². The van der Waals surface area contributed by atoms with Crippen molar-refractivity contribution in [3.8, 4) is 0 Å². The number of hydrogen-bond acceptors (Lipinski definition) is 4. The molecule has 0 radical (unpaired) electrons. The second-order valence-corrected chi connectivity index (χ2v) is 7.92. The predicted octanol–water partition coefficient (Wildman–Crippen LogP) is 1.07. The van der Waals surface area contributed by atoms with Crippen LogP contribution in [-0.2, 0) is 15.6 Å². The van der Waals surface area contributed by atoms with E-state index in [1.165, 1.54) is 6.26 Å². The number of sulfone groups is 1. The van der Waals surface area contributed by atoms with Gasteiger partial charge in [-0.2, -0.15) is 0 Å². The van der Waals surface area contributed by atoms with Gasteiger partial charge in [-0.25, -0.2) is 8.42 Å². The summed E-state index contributed by atoms with van der Waals surface area (Å²) < 4.78 is 22.5. The number of rotatable bonds is 4. The highest BCUT2D eigenvalue weighted by Crippen LogP contribution is 2.25. The molecule has 0 aromatic heterocycles.